The van der Waals surface area contributed by atoms with Crippen LogP contribution in [0.5, 0.6) is 5.75 Å². The molecule has 1 saturated carbocycles. The van der Waals surface area contributed by atoms with Gasteiger partial charge in [-0.25, -0.2) is 0 Å². The van der Waals surface area contributed by atoms with E-state index in [0.717, 1.165) is 17.9 Å². The maximum absolute atomic E-state index is 12.3. The lowest BCUT2D eigenvalue weighted by molar-refractivity contribution is 0.102. The summed E-state index contributed by atoms with van der Waals surface area (Å²) in [5.74, 6) is 1.25. The first kappa shape index (κ1) is 14.6. The summed E-state index contributed by atoms with van der Waals surface area (Å²) >= 11 is 0. The molecule has 0 saturated heterocycles. The molecule has 0 aromatic heterocycles. The summed E-state index contributed by atoms with van der Waals surface area (Å²) in [4.78, 5) is 12.3. The monoisotopic (exact) mass is 296 g/mol. The van der Waals surface area contributed by atoms with Crippen LogP contribution >= 0.6 is 0 Å². The summed E-state index contributed by atoms with van der Waals surface area (Å²) in [6, 6.07) is 14.8. The number of nitrogens with two attached hydrogens (primary N) is 1. The van der Waals surface area contributed by atoms with Crippen LogP contribution in [-0.4, -0.2) is 12.5 Å². The van der Waals surface area contributed by atoms with Gasteiger partial charge in [-0.1, -0.05) is 24.3 Å². The zero-order valence-corrected chi connectivity index (χ0v) is 12.4. The van der Waals surface area contributed by atoms with E-state index in [9.17, 15) is 4.79 Å². The van der Waals surface area contributed by atoms with Crippen LogP contribution in [0.25, 0.3) is 0 Å². The highest BCUT2D eigenvalue weighted by atomic mass is 16.5. The lowest BCUT2D eigenvalue weighted by Gasteiger charge is -2.12. The molecular formula is C18H20N2O2. The van der Waals surface area contributed by atoms with Crippen LogP contribution in [0.3, 0.4) is 0 Å². The molecule has 3 rings (SSSR count). The van der Waals surface area contributed by atoms with Gasteiger partial charge in [0.15, 0.2) is 0 Å². The molecule has 0 heterocycles. The van der Waals surface area contributed by atoms with E-state index in [-0.39, 0.29) is 5.91 Å². The Morgan fingerprint density at radius 1 is 1.14 bits per heavy atom. The number of ether oxygens (including phenoxy) is 1. The summed E-state index contributed by atoms with van der Waals surface area (Å²) < 4.78 is 5.80. The third-order valence-corrected chi connectivity index (χ3v) is 3.76. The summed E-state index contributed by atoms with van der Waals surface area (Å²) in [5, 5.41) is 2.91. The van der Waals surface area contributed by atoms with Crippen molar-refractivity contribution in [1.82, 2.24) is 0 Å². The fraction of sp³-hybridized carbons (Fsp3) is 0.278. The maximum Gasteiger partial charge on any atom is 0.255 e. The molecule has 1 amide bonds. The molecule has 2 aromatic carbocycles. The van der Waals surface area contributed by atoms with Crippen molar-refractivity contribution in [3.05, 3.63) is 59.7 Å². The Kier molecular flexibility index (Phi) is 4.39. The second kappa shape index (κ2) is 6.62. The Morgan fingerprint density at radius 3 is 2.55 bits per heavy atom. The zero-order valence-electron chi connectivity index (χ0n) is 12.4. The van der Waals surface area contributed by atoms with Crippen LogP contribution in [-0.2, 0) is 6.54 Å². The standard InChI is InChI=1S/C18H20N2O2/c19-11-13-7-9-15(10-8-13)18(21)20-16-3-1-2-4-17(16)22-12-14-5-6-14/h1-4,7-10,14H,5-6,11-12,19H2,(H,20,21). The average Bonchev–Trinajstić information content (AvgIpc) is 3.38. The number of hydrogen-bond acceptors (Lipinski definition) is 3. The molecule has 4 nitrogen and oxygen atoms in total. The molecule has 2 aromatic rings. The molecule has 4 heteroatoms. The Hall–Kier alpha value is -2.33. The van der Waals surface area contributed by atoms with Crippen LogP contribution in [0.1, 0.15) is 28.8 Å². The number of carbonyl (C=O) groups is 1. The van der Waals surface area contributed by atoms with Crippen molar-refractivity contribution in [2.75, 3.05) is 11.9 Å². The van der Waals surface area contributed by atoms with E-state index in [1.165, 1.54) is 12.8 Å². The van der Waals surface area contributed by atoms with Crippen molar-refractivity contribution in [3.8, 4) is 5.75 Å². The molecule has 0 aliphatic heterocycles. The van der Waals surface area contributed by atoms with Crippen molar-refractivity contribution in [2.24, 2.45) is 11.7 Å². The third kappa shape index (κ3) is 3.65. The van der Waals surface area contributed by atoms with E-state index in [1.807, 2.05) is 36.4 Å². The van der Waals surface area contributed by atoms with Gasteiger partial charge >= 0.3 is 0 Å². The van der Waals surface area contributed by atoms with Crippen LogP contribution in [0.4, 0.5) is 5.69 Å². The first-order valence-electron chi connectivity index (χ1n) is 7.58. The number of para-hydroxylation sites is 2. The normalized spacial score (nSPS) is 13.7. The minimum Gasteiger partial charge on any atom is -0.491 e. The van der Waals surface area contributed by atoms with Crippen molar-refractivity contribution in [2.45, 2.75) is 19.4 Å². The highest BCUT2D eigenvalue weighted by Crippen LogP contribution is 2.31. The van der Waals surface area contributed by atoms with Gasteiger partial charge in [-0.15, -0.1) is 0 Å². The highest BCUT2D eigenvalue weighted by Gasteiger charge is 2.22. The van der Waals surface area contributed by atoms with Gasteiger partial charge < -0.3 is 15.8 Å². The maximum atomic E-state index is 12.3. The van der Waals surface area contributed by atoms with Gasteiger partial charge in [-0.2, -0.15) is 0 Å². The van der Waals surface area contributed by atoms with Gasteiger partial charge in [0.1, 0.15) is 5.75 Å². The first-order chi connectivity index (χ1) is 10.8. The molecule has 0 bridgehead atoms. The third-order valence-electron chi connectivity index (χ3n) is 3.76. The van der Waals surface area contributed by atoms with E-state index < -0.39 is 0 Å². The number of amides is 1. The van der Waals surface area contributed by atoms with Gasteiger partial charge in [0, 0.05) is 12.1 Å². The molecule has 0 atom stereocenters. The van der Waals surface area contributed by atoms with Gasteiger partial charge in [-0.3, -0.25) is 4.79 Å². The summed E-state index contributed by atoms with van der Waals surface area (Å²) in [6.07, 6.45) is 2.48. The number of carbonyl (C=O) groups excluding carboxylic acids is 1. The minimum atomic E-state index is -0.147. The van der Waals surface area contributed by atoms with Crippen molar-refractivity contribution in [3.63, 3.8) is 0 Å². The van der Waals surface area contributed by atoms with Crippen LogP contribution in [0, 0.1) is 5.92 Å². The summed E-state index contributed by atoms with van der Waals surface area (Å²) in [7, 11) is 0. The molecule has 22 heavy (non-hydrogen) atoms. The molecule has 0 unspecified atom stereocenters. The second-order valence-electron chi connectivity index (χ2n) is 5.61. The Balaban J connectivity index is 1.69. The lowest BCUT2D eigenvalue weighted by atomic mass is 10.1. The van der Waals surface area contributed by atoms with Crippen molar-refractivity contribution in [1.29, 1.82) is 0 Å². The van der Waals surface area contributed by atoms with E-state index in [0.29, 0.717) is 23.7 Å². The Bertz CT molecular complexity index is 648. The fourth-order valence-electron chi connectivity index (χ4n) is 2.17. The first-order valence-corrected chi connectivity index (χ1v) is 7.58. The molecule has 3 N–H and O–H groups in total. The summed E-state index contributed by atoms with van der Waals surface area (Å²) in [6.45, 7) is 1.19. The average molecular weight is 296 g/mol. The number of nitrogens with one attached hydrogen (secondary N) is 1. The number of hydrogen-bond donors (Lipinski definition) is 2. The largest absolute Gasteiger partial charge is 0.491 e. The van der Waals surface area contributed by atoms with E-state index in [4.69, 9.17) is 10.5 Å². The van der Waals surface area contributed by atoms with Gasteiger partial charge in [0.2, 0.25) is 0 Å². The quantitative estimate of drug-likeness (QED) is 0.860. The van der Waals surface area contributed by atoms with Crippen molar-refractivity contribution < 1.29 is 9.53 Å². The fourth-order valence-corrected chi connectivity index (χ4v) is 2.17. The zero-order chi connectivity index (χ0) is 15.4. The van der Waals surface area contributed by atoms with Crippen molar-refractivity contribution >= 4 is 11.6 Å². The summed E-state index contributed by atoms with van der Waals surface area (Å²) in [5.41, 5.74) is 7.88. The molecular weight excluding hydrogens is 276 g/mol. The Labute approximate surface area is 130 Å². The smallest absolute Gasteiger partial charge is 0.255 e. The molecule has 1 aliphatic rings. The predicted molar refractivity (Wildman–Crippen MR) is 86.9 cm³/mol. The number of anilines is 1. The topological polar surface area (TPSA) is 64.4 Å². The van der Waals surface area contributed by atoms with E-state index in [1.54, 1.807) is 12.1 Å². The van der Waals surface area contributed by atoms with Crippen LogP contribution < -0.4 is 15.8 Å². The molecule has 0 spiro atoms. The number of rotatable bonds is 6. The molecule has 1 fully saturated rings. The van der Waals surface area contributed by atoms with E-state index in [2.05, 4.69) is 5.32 Å². The molecule has 1 aliphatic carbocycles. The number of benzene rings is 2. The minimum absolute atomic E-state index is 0.147. The second-order valence-corrected chi connectivity index (χ2v) is 5.61. The van der Waals surface area contributed by atoms with Gasteiger partial charge in [0.05, 0.1) is 12.3 Å². The van der Waals surface area contributed by atoms with E-state index >= 15 is 0 Å². The van der Waals surface area contributed by atoms with Crippen LogP contribution in [0.15, 0.2) is 48.5 Å². The predicted octanol–water partition coefficient (Wildman–Crippen LogP) is 3.19. The molecule has 0 radical (unpaired) electrons. The van der Waals surface area contributed by atoms with Gasteiger partial charge in [-0.05, 0) is 48.6 Å². The molecule has 114 valence electrons. The van der Waals surface area contributed by atoms with Crippen LogP contribution in [0.2, 0.25) is 0 Å². The SMILES string of the molecule is NCc1ccc(C(=O)Nc2ccccc2OCC2CC2)cc1. The van der Waals surface area contributed by atoms with Gasteiger partial charge in [0.25, 0.3) is 5.91 Å². The Morgan fingerprint density at radius 2 is 1.86 bits per heavy atom. The lowest BCUT2D eigenvalue weighted by Crippen LogP contribution is -2.13. The highest BCUT2D eigenvalue weighted by molar-refractivity contribution is 6.05.